The molecule has 0 aliphatic rings. The van der Waals surface area contributed by atoms with E-state index < -0.39 is 5.97 Å². The number of nitrogens with zero attached hydrogens (tertiary/aromatic N) is 3. The van der Waals surface area contributed by atoms with Gasteiger partial charge in [0.05, 0.1) is 23.0 Å². The first-order valence-corrected chi connectivity index (χ1v) is 6.64. The van der Waals surface area contributed by atoms with Crippen LogP contribution in [0.5, 0.6) is 0 Å². The van der Waals surface area contributed by atoms with E-state index in [1.165, 1.54) is 11.6 Å². The van der Waals surface area contributed by atoms with Gasteiger partial charge in [-0.3, -0.25) is 4.79 Å². The number of hydrogen-bond acceptors (Lipinski definition) is 5. The van der Waals surface area contributed by atoms with Gasteiger partial charge in [-0.25, -0.2) is 9.48 Å². The van der Waals surface area contributed by atoms with Crippen molar-refractivity contribution >= 4 is 11.8 Å². The average molecular weight is 287 g/mol. The first-order valence-electron chi connectivity index (χ1n) is 6.64. The lowest BCUT2D eigenvalue weighted by Gasteiger charge is -2.09. The Balaban J connectivity index is 2.38. The maximum atomic E-state index is 11.9. The monoisotopic (exact) mass is 287 g/mol. The van der Waals surface area contributed by atoms with E-state index in [0.717, 1.165) is 0 Å². The molecule has 1 aromatic heterocycles. The summed E-state index contributed by atoms with van der Waals surface area (Å²) in [6, 6.07) is 6.86. The molecule has 0 atom stereocenters. The van der Waals surface area contributed by atoms with E-state index in [4.69, 9.17) is 4.74 Å². The van der Waals surface area contributed by atoms with Crippen molar-refractivity contribution < 1.29 is 14.3 Å². The molecule has 0 amide bonds. The van der Waals surface area contributed by atoms with E-state index in [1.54, 1.807) is 45.0 Å². The van der Waals surface area contributed by atoms with Crippen molar-refractivity contribution in [1.82, 2.24) is 15.0 Å². The second-order valence-electron chi connectivity index (χ2n) is 5.00. The lowest BCUT2D eigenvalue weighted by molar-refractivity contribution is 0.0377. The second kappa shape index (κ2) is 5.87. The fraction of sp³-hybridized carbons (Fsp3) is 0.333. The summed E-state index contributed by atoms with van der Waals surface area (Å²) in [6.07, 6.45) is -0.182. The quantitative estimate of drug-likeness (QED) is 0.637. The van der Waals surface area contributed by atoms with Gasteiger partial charge in [-0.15, -0.1) is 5.10 Å². The van der Waals surface area contributed by atoms with Gasteiger partial charge >= 0.3 is 5.97 Å². The van der Waals surface area contributed by atoms with Crippen LogP contribution in [-0.2, 0) is 4.74 Å². The van der Waals surface area contributed by atoms with Gasteiger partial charge in [-0.2, -0.15) is 0 Å². The molecule has 0 N–H and O–H groups in total. The van der Waals surface area contributed by atoms with E-state index in [-0.39, 0.29) is 11.9 Å². The molecule has 110 valence electrons. The molecule has 0 fully saturated rings. The van der Waals surface area contributed by atoms with Crippen molar-refractivity contribution in [1.29, 1.82) is 0 Å². The molecule has 0 bridgehead atoms. The number of ketones is 1. The standard InChI is InChI=1S/C15H17N3O3/c1-9(2)21-15(20)12-6-5-7-13(8-12)18-10(3)14(11(4)19)16-17-18/h5-9H,1-4H3. The summed E-state index contributed by atoms with van der Waals surface area (Å²) >= 11 is 0. The first-order chi connectivity index (χ1) is 9.90. The van der Waals surface area contributed by atoms with Crippen LogP contribution in [0.3, 0.4) is 0 Å². The van der Waals surface area contributed by atoms with Gasteiger partial charge < -0.3 is 4.74 Å². The highest BCUT2D eigenvalue weighted by atomic mass is 16.5. The third-order valence-electron chi connectivity index (χ3n) is 2.90. The van der Waals surface area contributed by atoms with Gasteiger partial charge in [0.25, 0.3) is 0 Å². The Bertz CT molecular complexity index is 689. The highest BCUT2D eigenvalue weighted by molar-refractivity contribution is 5.93. The van der Waals surface area contributed by atoms with Crippen LogP contribution >= 0.6 is 0 Å². The summed E-state index contributed by atoms with van der Waals surface area (Å²) in [5.74, 6) is -0.537. The van der Waals surface area contributed by atoms with Crippen molar-refractivity contribution in [3.63, 3.8) is 0 Å². The van der Waals surface area contributed by atoms with E-state index >= 15 is 0 Å². The Labute approximate surface area is 122 Å². The van der Waals surface area contributed by atoms with Crippen LogP contribution in [0.1, 0.15) is 47.3 Å². The van der Waals surface area contributed by atoms with E-state index in [0.29, 0.717) is 22.6 Å². The number of esters is 1. The predicted octanol–water partition coefficient (Wildman–Crippen LogP) is 2.34. The SMILES string of the molecule is CC(=O)c1nnn(-c2cccc(C(=O)OC(C)C)c2)c1C. The van der Waals surface area contributed by atoms with Gasteiger partial charge in [0, 0.05) is 6.92 Å². The zero-order chi connectivity index (χ0) is 15.6. The van der Waals surface area contributed by atoms with Gasteiger partial charge in [0.1, 0.15) is 0 Å². The van der Waals surface area contributed by atoms with E-state index in [1.807, 2.05) is 0 Å². The highest BCUT2D eigenvalue weighted by Crippen LogP contribution is 2.15. The number of hydrogen-bond donors (Lipinski definition) is 0. The number of carbonyl (C=O) groups excluding carboxylic acids is 2. The van der Waals surface area contributed by atoms with Crippen molar-refractivity contribution in [2.24, 2.45) is 0 Å². The van der Waals surface area contributed by atoms with Crippen LogP contribution in [-0.4, -0.2) is 32.9 Å². The Hall–Kier alpha value is -2.50. The molecule has 0 aliphatic carbocycles. The second-order valence-corrected chi connectivity index (χ2v) is 5.00. The zero-order valence-electron chi connectivity index (χ0n) is 12.5. The van der Waals surface area contributed by atoms with Crippen molar-refractivity contribution in [2.45, 2.75) is 33.8 Å². The Kier molecular flexibility index (Phi) is 4.16. The normalized spacial score (nSPS) is 10.7. The summed E-state index contributed by atoms with van der Waals surface area (Å²) in [5, 5.41) is 7.82. The number of carbonyl (C=O) groups is 2. The van der Waals surface area contributed by atoms with E-state index in [2.05, 4.69) is 10.3 Å². The molecule has 1 aromatic carbocycles. The molecule has 6 nitrogen and oxygen atoms in total. The van der Waals surface area contributed by atoms with Crippen molar-refractivity contribution in [3.8, 4) is 5.69 Å². The molecule has 0 saturated heterocycles. The minimum absolute atomic E-state index is 0.144. The predicted molar refractivity (Wildman–Crippen MR) is 76.7 cm³/mol. The molecule has 0 aliphatic heterocycles. The number of ether oxygens (including phenoxy) is 1. The molecule has 1 heterocycles. The maximum Gasteiger partial charge on any atom is 0.338 e. The van der Waals surface area contributed by atoms with Crippen LogP contribution < -0.4 is 0 Å². The van der Waals surface area contributed by atoms with Crippen LogP contribution in [0, 0.1) is 6.92 Å². The first kappa shape index (κ1) is 14.9. The summed E-state index contributed by atoms with van der Waals surface area (Å²) in [5.41, 5.74) is 2.05. The van der Waals surface area contributed by atoms with Crippen LogP contribution in [0.15, 0.2) is 24.3 Å². The van der Waals surface area contributed by atoms with Crippen molar-refractivity contribution in [3.05, 3.63) is 41.2 Å². The maximum absolute atomic E-state index is 11.9. The van der Waals surface area contributed by atoms with E-state index in [9.17, 15) is 9.59 Å². The van der Waals surface area contributed by atoms with Crippen LogP contribution in [0.2, 0.25) is 0 Å². The molecular weight excluding hydrogens is 270 g/mol. The lowest BCUT2D eigenvalue weighted by atomic mass is 10.2. The minimum atomic E-state index is -0.392. The minimum Gasteiger partial charge on any atom is -0.459 e. The lowest BCUT2D eigenvalue weighted by Crippen LogP contribution is -2.12. The fourth-order valence-electron chi connectivity index (χ4n) is 1.95. The van der Waals surface area contributed by atoms with Gasteiger partial charge in [-0.05, 0) is 39.0 Å². The third-order valence-corrected chi connectivity index (χ3v) is 2.90. The molecule has 6 heteroatoms. The van der Waals surface area contributed by atoms with Crippen molar-refractivity contribution in [2.75, 3.05) is 0 Å². The summed E-state index contributed by atoms with van der Waals surface area (Å²) < 4.78 is 6.69. The smallest absolute Gasteiger partial charge is 0.338 e. The highest BCUT2D eigenvalue weighted by Gasteiger charge is 2.15. The summed E-state index contributed by atoms with van der Waals surface area (Å²) in [7, 11) is 0. The molecule has 0 spiro atoms. The molecule has 2 rings (SSSR count). The molecule has 0 unspecified atom stereocenters. The number of benzene rings is 1. The van der Waals surface area contributed by atoms with Gasteiger partial charge in [0.15, 0.2) is 11.5 Å². The Morgan fingerprint density at radius 3 is 2.57 bits per heavy atom. The number of rotatable bonds is 4. The summed E-state index contributed by atoms with van der Waals surface area (Å²) in [4.78, 5) is 23.3. The number of aromatic nitrogens is 3. The Morgan fingerprint density at radius 1 is 1.29 bits per heavy atom. The van der Waals surface area contributed by atoms with Crippen LogP contribution in [0.25, 0.3) is 5.69 Å². The fourth-order valence-corrected chi connectivity index (χ4v) is 1.95. The van der Waals surface area contributed by atoms with Crippen LogP contribution in [0.4, 0.5) is 0 Å². The topological polar surface area (TPSA) is 74.1 Å². The molecule has 21 heavy (non-hydrogen) atoms. The molecule has 0 saturated carbocycles. The largest absolute Gasteiger partial charge is 0.459 e. The molecule has 2 aromatic rings. The Morgan fingerprint density at radius 2 is 2.00 bits per heavy atom. The zero-order valence-corrected chi connectivity index (χ0v) is 12.5. The average Bonchev–Trinajstić information content (AvgIpc) is 2.80. The van der Waals surface area contributed by atoms with Gasteiger partial charge in [0.2, 0.25) is 0 Å². The third kappa shape index (κ3) is 3.16. The number of Topliss-reactive ketones (excluding diaryl/α,β-unsaturated/α-hetero) is 1. The molecule has 0 radical (unpaired) electrons. The van der Waals surface area contributed by atoms with Gasteiger partial charge in [-0.1, -0.05) is 11.3 Å². The summed E-state index contributed by atoms with van der Waals surface area (Å²) in [6.45, 7) is 6.79. The molecular formula is C15H17N3O3.